The molecule has 0 aliphatic rings. The van der Waals surface area contributed by atoms with Gasteiger partial charge in [0.05, 0.1) is 0 Å². The van der Waals surface area contributed by atoms with Crippen LogP contribution in [0.3, 0.4) is 0 Å². The molecule has 0 saturated carbocycles. The van der Waals surface area contributed by atoms with E-state index in [9.17, 15) is 4.79 Å². The number of amides is 2. The van der Waals surface area contributed by atoms with Crippen LogP contribution >= 0.6 is 0 Å². The predicted octanol–water partition coefficient (Wildman–Crippen LogP) is 3.56. The van der Waals surface area contributed by atoms with Gasteiger partial charge in [0.1, 0.15) is 12.4 Å². The van der Waals surface area contributed by atoms with E-state index in [2.05, 4.69) is 25.7 Å². The topological polar surface area (TPSA) is 94.0 Å². The Balaban J connectivity index is 1.27. The van der Waals surface area contributed by atoms with E-state index in [0.717, 1.165) is 16.9 Å². The number of benzene rings is 1. The van der Waals surface area contributed by atoms with Crippen molar-refractivity contribution in [2.24, 2.45) is 0 Å². The van der Waals surface area contributed by atoms with Gasteiger partial charge in [-0.05, 0) is 35.9 Å². The molecule has 0 spiro atoms. The summed E-state index contributed by atoms with van der Waals surface area (Å²) in [6, 6.07) is 16.3. The molecule has 3 heterocycles. The number of aromatic nitrogens is 4. The van der Waals surface area contributed by atoms with Crippen LogP contribution in [0.2, 0.25) is 0 Å². The van der Waals surface area contributed by atoms with Gasteiger partial charge >= 0.3 is 6.03 Å². The third-order valence-electron chi connectivity index (χ3n) is 4.22. The summed E-state index contributed by atoms with van der Waals surface area (Å²) >= 11 is 0. The number of anilines is 1. The van der Waals surface area contributed by atoms with Crippen molar-refractivity contribution >= 4 is 11.7 Å². The SMILES string of the molecule is O=C(NCc1ccc(-n2cccn2)nc1)Nc1cccc(OCc2cccnc2)c1. The molecule has 0 atom stereocenters. The van der Waals surface area contributed by atoms with Crippen molar-refractivity contribution in [1.29, 1.82) is 0 Å². The summed E-state index contributed by atoms with van der Waals surface area (Å²) in [4.78, 5) is 20.6. The fourth-order valence-electron chi connectivity index (χ4n) is 2.73. The van der Waals surface area contributed by atoms with Gasteiger partial charge in [-0.1, -0.05) is 18.2 Å². The molecule has 4 rings (SSSR count). The van der Waals surface area contributed by atoms with E-state index >= 15 is 0 Å². The Morgan fingerprint density at radius 3 is 2.73 bits per heavy atom. The minimum Gasteiger partial charge on any atom is -0.489 e. The highest BCUT2D eigenvalue weighted by atomic mass is 16.5. The van der Waals surface area contributed by atoms with Crippen LogP contribution in [0.1, 0.15) is 11.1 Å². The molecule has 0 saturated heterocycles. The zero-order chi connectivity index (χ0) is 20.6. The van der Waals surface area contributed by atoms with Gasteiger partial charge in [-0.2, -0.15) is 5.10 Å². The van der Waals surface area contributed by atoms with Crippen LogP contribution in [0.5, 0.6) is 5.75 Å². The summed E-state index contributed by atoms with van der Waals surface area (Å²) in [6.45, 7) is 0.764. The molecule has 2 N–H and O–H groups in total. The Kier molecular flexibility index (Phi) is 5.95. The van der Waals surface area contributed by atoms with E-state index in [1.54, 1.807) is 41.6 Å². The van der Waals surface area contributed by atoms with Gasteiger partial charge in [-0.3, -0.25) is 4.98 Å². The van der Waals surface area contributed by atoms with E-state index in [1.807, 2.05) is 48.7 Å². The molecule has 0 fully saturated rings. The molecule has 0 aliphatic heterocycles. The summed E-state index contributed by atoms with van der Waals surface area (Å²) in [5.41, 5.74) is 2.50. The zero-order valence-corrected chi connectivity index (χ0v) is 16.1. The van der Waals surface area contributed by atoms with Crippen LogP contribution in [0.25, 0.3) is 5.82 Å². The van der Waals surface area contributed by atoms with Crippen molar-refractivity contribution in [1.82, 2.24) is 25.1 Å². The number of carbonyl (C=O) groups excluding carboxylic acids is 1. The molecule has 30 heavy (non-hydrogen) atoms. The molecule has 4 aromatic rings. The highest BCUT2D eigenvalue weighted by Gasteiger charge is 2.05. The maximum atomic E-state index is 12.2. The first-order chi connectivity index (χ1) is 14.8. The lowest BCUT2D eigenvalue weighted by atomic mass is 10.3. The Labute approximate surface area is 173 Å². The number of hydrogen-bond donors (Lipinski definition) is 2. The van der Waals surface area contributed by atoms with Crippen molar-refractivity contribution in [2.45, 2.75) is 13.2 Å². The first-order valence-corrected chi connectivity index (χ1v) is 9.38. The smallest absolute Gasteiger partial charge is 0.319 e. The van der Waals surface area contributed by atoms with Gasteiger partial charge in [-0.25, -0.2) is 14.5 Å². The molecule has 3 aromatic heterocycles. The quantitative estimate of drug-likeness (QED) is 0.495. The van der Waals surface area contributed by atoms with Gasteiger partial charge in [0.15, 0.2) is 5.82 Å². The second-order valence-electron chi connectivity index (χ2n) is 6.46. The van der Waals surface area contributed by atoms with Crippen molar-refractivity contribution in [3.05, 3.63) is 96.7 Å². The fraction of sp³-hybridized carbons (Fsp3) is 0.0909. The zero-order valence-electron chi connectivity index (χ0n) is 16.1. The van der Waals surface area contributed by atoms with Gasteiger partial charge in [0.25, 0.3) is 0 Å². The molecule has 0 radical (unpaired) electrons. The summed E-state index contributed by atoms with van der Waals surface area (Å²) < 4.78 is 7.43. The third kappa shape index (κ3) is 5.20. The molecule has 0 aliphatic carbocycles. The maximum Gasteiger partial charge on any atom is 0.319 e. The lowest BCUT2D eigenvalue weighted by Gasteiger charge is -2.10. The largest absolute Gasteiger partial charge is 0.489 e. The predicted molar refractivity (Wildman–Crippen MR) is 112 cm³/mol. The van der Waals surface area contributed by atoms with Gasteiger partial charge in [0.2, 0.25) is 0 Å². The average molecular weight is 400 g/mol. The number of pyridine rings is 2. The molecular weight excluding hydrogens is 380 g/mol. The second-order valence-corrected chi connectivity index (χ2v) is 6.46. The first-order valence-electron chi connectivity index (χ1n) is 9.38. The van der Waals surface area contributed by atoms with Gasteiger partial charge in [0, 0.05) is 54.8 Å². The Bertz CT molecular complexity index is 1080. The van der Waals surface area contributed by atoms with Crippen molar-refractivity contribution in [3.8, 4) is 11.6 Å². The molecule has 8 nitrogen and oxygen atoms in total. The number of rotatable bonds is 7. The highest BCUT2D eigenvalue weighted by molar-refractivity contribution is 5.89. The normalized spacial score (nSPS) is 10.4. The summed E-state index contributed by atoms with van der Waals surface area (Å²) in [5.74, 6) is 1.38. The van der Waals surface area contributed by atoms with Crippen LogP contribution in [-0.4, -0.2) is 25.8 Å². The van der Waals surface area contributed by atoms with Crippen molar-refractivity contribution < 1.29 is 9.53 Å². The average Bonchev–Trinajstić information content (AvgIpc) is 3.33. The minimum absolute atomic E-state index is 0.310. The lowest BCUT2D eigenvalue weighted by Crippen LogP contribution is -2.28. The second kappa shape index (κ2) is 9.33. The number of ether oxygens (including phenoxy) is 1. The van der Waals surface area contributed by atoms with Crippen LogP contribution in [-0.2, 0) is 13.2 Å². The van der Waals surface area contributed by atoms with E-state index < -0.39 is 0 Å². The Morgan fingerprint density at radius 2 is 1.97 bits per heavy atom. The summed E-state index contributed by atoms with van der Waals surface area (Å²) in [6.07, 6.45) is 8.70. The third-order valence-corrected chi connectivity index (χ3v) is 4.22. The first kappa shape index (κ1) is 19.1. The summed E-state index contributed by atoms with van der Waals surface area (Å²) in [7, 11) is 0. The molecule has 0 unspecified atom stereocenters. The molecule has 8 heteroatoms. The van der Waals surface area contributed by atoms with E-state index in [0.29, 0.717) is 24.6 Å². The standard InChI is InChI=1S/C22H20N6O2/c29-22(25-15-17-7-8-21(24-14-17)28-11-3-10-26-28)27-19-5-1-6-20(12-19)30-16-18-4-2-9-23-13-18/h1-14H,15-16H2,(H2,25,27,29). The maximum absolute atomic E-state index is 12.2. The number of urea groups is 1. The number of nitrogens with one attached hydrogen (secondary N) is 2. The summed E-state index contributed by atoms with van der Waals surface area (Å²) in [5, 5.41) is 9.76. The molecule has 150 valence electrons. The monoisotopic (exact) mass is 400 g/mol. The number of carbonyl (C=O) groups is 1. The fourth-order valence-corrected chi connectivity index (χ4v) is 2.73. The lowest BCUT2D eigenvalue weighted by molar-refractivity contribution is 0.251. The van der Waals surface area contributed by atoms with E-state index in [1.165, 1.54) is 0 Å². The van der Waals surface area contributed by atoms with Crippen LogP contribution in [0, 0.1) is 0 Å². The van der Waals surface area contributed by atoms with Crippen LogP contribution in [0.4, 0.5) is 10.5 Å². The minimum atomic E-state index is -0.310. The van der Waals surface area contributed by atoms with E-state index in [4.69, 9.17) is 4.74 Å². The molecule has 0 bridgehead atoms. The van der Waals surface area contributed by atoms with Gasteiger partial charge < -0.3 is 15.4 Å². The highest BCUT2D eigenvalue weighted by Crippen LogP contribution is 2.18. The molecule has 2 amide bonds. The molecule has 1 aromatic carbocycles. The van der Waals surface area contributed by atoms with Crippen molar-refractivity contribution in [2.75, 3.05) is 5.32 Å². The molecular formula is C22H20N6O2. The Morgan fingerprint density at radius 1 is 1.00 bits per heavy atom. The number of nitrogens with zero attached hydrogens (tertiary/aromatic N) is 4. The van der Waals surface area contributed by atoms with Crippen molar-refractivity contribution in [3.63, 3.8) is 0 Å². The van der Waals surface area contributed by atoms with E-state index in [-0.39, 0.29) is 6.03 Å². The Hall–Kier alpha value is -4.20. The van der Waals surface area contributed by atoms with Crippen LogP contribution < -0.4 is 15.4 Å². The number of hydrogen-bond acceptors (Lipinski definition) is 5. The van der Waals surface area contributed by atoms with Gasteiger partial charge in [-0.15, -0.1) is 0 Å². The van der Waals surface area contributed by atoms with Crippen LogP contribution in [0.15, 0.2) is 85.6 Å².